The summed E-state index contributed by atoms with van der Waals surface area (Å²) in [6, 6.07) is 13.4. The van der Waals surface area contributed by atoms with Crippen LogP contribution >= 0.6 is 11.3 Å². The Balaban J connectivity index is 1.13. The summed E-state index contributed by atoms with van der Waals surface area (Å²) >= 11 is 1.56. The quantitative estimate of drug-likeness (QED) is 0.552. The van der Waals surface area contributed by atoms with E-state index < -0.39 is 10.0 Å². The molecule has 9 heteroatoms. The summed E-state index contributed by atoms with van der Waals surface area (Å²) in [5.74, 6) is -0.124. The van der Waals surface area contributed by atoms with Crippen molar-refractivity contribution >= 4 is 37.5 Å². The van der Waals surface area contributed by atoms with Gasteiger partial charge in [0.15, 0.2) is 0 Å². The van der Waals surface area contributed by atoms with Crippen molar-refractivity contribution in [2.24, 2.45) is 0 Å². The van der Waals surface area contributed by atoms with Crippen LogP contribution in [0.5, 0.6) is 0 Å². The number of benzene rings is 2. The van der Waals surface area contributed by atoms with Crippen molar-refractivity contribution in [3.63, 3.8) is 0 Å². The number of nitrogens with zero attached hydrogens (tertiary/aromatic N) is 3. The number of carbonyl (C=O) groups is 1. The van der Waals surface area contributed by atoms with E-state index in [-0.39, 0.29) is 19.1 Å². The van der Waals surface area contributed by atoms with E-state index in [2.05, 4.69) is 4.98 Å². The summed E-state index contributed by atoms with van der Waals surface area (Å²) in [4.78, 5) is 19.1. The zero-order chi connectivity index (χ0) is 22.1. The fraction of sp³-hybridized carbons (Fsp3) is 0.391. The maximum atomic E-state index is 13.1. The van der Waals surface area contributed by atoms with Crippen LogP contribution in [0.2, 0.25) is 0 Å². The molecule has 1 aliphatic carbocycles. The molecule has 168 valence electrons. The molecule has 0 saturated carbocycles. The lowest BCUT2D eigenvalue weighted by Crippen LogP contribution is -2.51. The largest absolute Gasteiger partial charge is 0.364 e. The predicted octanol–water partition coefficient (Wildman–Crippen LogP) is 2.83. The number of amides is 1. The maximum absolute atomic E-state index is 13.1. The molecule has 0 atom stereocenters. The number of aryl methyl sites for hydroxylation is 2. The van der Waals surface area contributed by atoms with Gasteiger partial charge in [-0.3, -0.25) is 4.79 Å². The minimum Gasteiger partial charge on any atom is -0.364 e. The molecule has 2 aliphatic rings. The molecule has 5 rings (SSSR count). The number of sulfonamides is 1. The van der Waals surface area contributed by atoms with Crippen molar-refractivity contribution in [3.05, 3.63) is 58.6 Å². The van der Waals surface area contributed by atoms with Crippen molar-refractivity contribution in [2.45, 2.75) is 30.8 Å². The van der Waals surface area contributed by atoms with Crippen LogP contribution in [-0.2, 0) is 39.0 Å². The van der Waals surface area contributed by atoms with Gasteiger partial charge in [-0.25, -0.2) is 13.4 Å². The molecule has 1 aliphatic heterocycles. The van der Waals surface area contributed by atoms with Gasteiger partial charge < -0.3 is 9.64 Å². The highest BCUT2D eigenvalue weighted by molar-refractivity contribution is 7.89. The molecule has 1 fully saturated rings. The Morgan fingerprint density at radius 1 is 1.03 bits per heavy atom. The Morgan fingerprint density at radius 2 is 1.81 bits per heavy atom. The molecule has 2 heterocycles. The number of hydrogen-bond donors (Lipinski definition) is 0. The van der Waals surface area contributed by atoms with Gasteiger partial charge in [-0.15, -0.1) is 11.3 Å². The lowest BCUT2D eigenvalue weighted by atomic mass is 10.1. The third-order valence-corrected chi connectivity index (χ3v) is 8.99. The minimum absolute atomic E-state index is 0.0342. The highest BCUT2D eigenvalue weighted by Crippen LogP contribution is 2.27. The van der Waals surface area contributed by atoms with Gasteiger partial charge in [0.1, 0.15) is 11.6 Å². The van der Waals surface area contributed by atoms with Crippen LogP contribution in [0.1, 0.15) is 22.6 Å². The number of thiazole rings is 1. The van der Waals surface area contributed by atoms with Gasteiger partial charge in [-0.1, -0.05) is 18.2 Å². The van der Waals surface area contributed by atoms with Crippen molar-refractivity contribution in [1.29, 1.82) is 0 Å². The average molecular weight is 472 g/mol. The highest BCUT2D eigenvalue weighted by atomic mass is 32.2. The molecule has 1 amide bonds. The van der Waals surface area contributed by atoms with E-state index in [9.17, 15) is 13.2 Å². The minimum atomic E-state index is -3.54. The molecule has 1 saturated heterocycles. The molecule has 1 aromatic heterocycles. The fourth-order valence-corrected chi connectivity index (χ4v) is 6.71. The number of piperazine rings is 1. The predicted molar refractivity (Wildman–Crippen MR) is 123 cm³/mol. The molecule has 0 bridgehead atoms. The summed E-state index contributed by atoms with van der Waals surface area (Å²) < 4.78 is 34.3. The lowest BCUT2D eigenvalue weighted by Gasteiger charge is -2.34. The first kappa shape index (κ1) is 21.5. The molecule has 7 nitrogen and oxygen atoms in total. The van der Waals surface area contributed by atoms with Crippen LogP contribution < -0.4 is 0 Å². The molecule has 0 spiro atoms. The topological polar surface area (TPSA) is 79.8 Å². The Hall–Kier alpha value is -2.33. The van der Waals surface area contributed by atoms with Gasteiger partial charge in [-0.05, 0) is 54.7 Å². The van der Waals surface area contributed by atoms with E-state index in [1.807, 2.05) is 36.4 Å². The lowest BCUT2D eigenvalue weighted by molar-refractivity contribution is -0.137. The van der Waals surface area contributed by atoms with Crippen molar-refractivity contribution < 1.29 is 17.9 Å². The van der Waals surface area contributed by atoms with Crippen molar-refractivity contribution in [2.75, 3.05) is 32.8 Å². The second-order valence-electron chi connectivity index (χ2n) is 8.14. The highest BCUT2D eigenvalue weighted by Gasteiger charge is 2.30. The van der Waals surface area contributed by atoms with E-state index in [0.717, 1.165) is 40.1 Å². The molecule has 32 heavy (non-hydrogen) atoms. The second-order valence-corrected chi connectivity index (χ2v) is 11.2. The van der Waals surface area contributed by atoms with Crippen molar-refractivity contribution in [3.8, 4) is 0 Å². The molecular weight excluding hydrogens is 446 g/mol. The van der Waals surface area contributed by atoms with Crippen LogP contribution in [0.25, 0.3) is 10.2 Å². The van der Waals surface area contributed by atoms with Gasteiger partial charge >= 0.3 is 0 Å². The summed E-state index contributed by atoms with van der Waals surface area (Å²) in [5.41, 5.74) is 3.33. The van der Waals surface area contributed by atoms with Crippen LogP contribution in [0, 0.1) is 0 Å². The Bertz CT molecular complexity index is 1210. The molecular formula is C23H25N3O4S2. The molecule has 0 radical (unpaired) electrons. The smallest absolute Gasteiger partial charge is 0.248 e. The number of para-hydroxylation sites is 1. The standard InChI is InChI=1S/C23H25N3O4S2/c27-23(16-30-15-22-24-20-6-1-2-7-21(20)31-22)25-10-12-26(13-11-25)32(28,29)19-9-8-17-4-3-5-18(17)14-19/h1-2,6-9,14H,3-5,10-13,15-16H2. The maximum Gasteiger partial charge on any atom is 0.248 e. The molecule has 2 aromatic carbocycles. The van der Waals surface area contributed by atoms with E-state index in [1.165, 1.54) is 9.87 Å². The SMILES string of the molecule is O=C(COCc1nc2ccccc2s1)N1CCN(S(=O)(=O)c2ccc3c(c2)CCC3)CC1. The van der Waals surface area contributed by atoms with Gasteiger partial charge in [0.05, 0.1) is 21.7 Å². The number of ether oxygens (including phenoxy) is 1. The monoisotopic (exact) mass is 471 g/mol. The van der Waals surface area contributed by atoms with E-state index in [4.69, 9.17) is 4.74 Å². The molecule has 0 unspecified atom stereocenters. The normalized spacial score (nSPS) is 17.1. The second kappa shape index (κ2) is 8.90. The Morgan fingerprint density at radius 3 is 2.62 bits per heavy atom. The summed E-state index contributed by atoms with van der Waals surface area (Å²) in [6.07, 6.45) is 3.05. The van der Waals surface area contributed by atoms with Crippen LogP contribution in [0.3, 0.4) is 0 Å². The number of aromatic nitrogens is 1. The van der Waals surface area contributed by atoms with E-state index in [1.54, 1.807) is 22.3 Å². The zero-order valence-electron chi connectivity index (χ0n) is 17.7. The van der Waals surface area contributed by atoms with Gasteiger partial charge in [0, 0.05) is 26.2 Å². The number of hydrogen-bond acceptors (Lipinski definition) is 6. The zero-order valence-corrected chi connectivity index (χ0v) is 19.3. The summed E-state index contributed by atoms with van der Waals surface area (Å²) in [5, 5.41) is 0.837. The number of fused-ring (bicyclic) bond motifs is 2. The Labute approximate surface area is 191 Å². The van der Waals surface area contributed by atoms with Crippen LogP contribution in [0.15, 0.2) is 47.4 Å². The summed E-state index contributed by atoms with van der Waals surface area (Å²) in [6.45, 7) is 1.58. The average Bonchev–Trinajstić information content (AvgIpc) is 3.45. The van der Waals surface area contributed by atoms with E-state index >= 15 is 0 Å². The number of rotatable bonds is 6. The van der Waals surface area contributed by atoms with Crippen LogP contribution in [-0.4, -0.2) is 61.3 Å². The van der Waals surface area contributed by atoms with Crippen molar-refractivity contribution in [1.82, 2.24) is 14.2 Å². The number of carbonyl (C=O) groups excluding carboxylic acids is 1. The van der Waals surface area contributed by atoms with Crippen LogP contribution in [0.4, 0.5) is 0 Å². The molecule has 3 aromatic rings. The first-order valence-electron chi connectivity index (χ1n) is 10.8. The van der Waals surface area contributed by atoms with E-state index in [0.29, 0.717) is 31.1 Å². The summed E-state index contributed by atoms with van der Waals surface area (Å²) in [7, 11) is -3.54. The van der Waals surface area contributed by atoms with Gasteiger partial charge in [-0.2, -0.15) is 4.31 Å². The Kier molecular flexibility index (Phi) is 5.98. The first-order valence-corrected chi connectivity index (χ1v) is 13.1. The first-order chi connectivity index (χ1) is 15.5. The van der Waals surface area contributed by atoms with Gasteiger partial charge in [0.2, 0.25) is 15.9 Å². The molecule has 0 N–H and O–H groups in total. The van der Waals surface area contributed by atoms with Gasteiger partial charge in [0.25, 0.3) is 0 Å². The fourth-order valence-electron chi connectivity index (χ4n) is 4.33. The third-order valence-electron chi connectivity index (χ3n) is 6.09. The third kappa shape index (κ3) is 4.30.